The average molecular weight is 571 g/mol. The minimum absolute atomic E-state index is 0.0668. The third kappa shape index (κ3) is 3.41. The molecule has 0 unspecified atom stereocenters. The summed E-state index contributed by atoms with van der Waals surface area (Å²) in [6.45, 7) is 12.2. The highest BCUT2D eigenvalue weighted by Crippen LogP contribution is 2.58. The van der Waals surface area contributed by atoms with Crippen molar-refractivity contribution < 1.29 is 38.0 Å². The smallest absolute Gasteiger partial charge is 0.348 e. The first-order chi connectivity index (χ1) is 20.0. The molecule has 0 aliphatic carbocycles. The minimum Gasteiger partial charge on any atom is -0.493 e. The molecule has 0 radical (unpaired) electrons. The summed E-state index contributed by atoms with van der Waals surface area (Å²) in [6.07, 6.45) is 0. The molecule has 8 heteroatoms. The molecule has 2 heterocycles. The van der Waals surface area contributed by atoms with Crippen LogP contribution in [-0.2, 0) is 0 Å². The molecule has 42 heavy (non-hydrogen) atoms. The summed E-state index contributed by atoms with van der Waals surface area (Å²) in [6, 6.07) is 4.11. The molecule has 0 fully saturated rings. The second-order valence-electron chi connectivity index (χ2n) is 11.4. The van der Waals surface area contributed by atoms with Crippen molar-refractivity contribution in [1.29, 1.82) is 0 Å². The first kappa shape index (κ1) is 27.7. The third-order valence-electron chi connectivity index (χ3n) is 8.41. The Morgan fingerprint density at radius 1 is 0.548 bits per heavy atom. The van der Waals surface area contributed by atoms with Gasteiger partial charge in [0, 0.05) is 33.0 Å². The molecule has 0 N–H and O–H groups in total. The van der Waals surface area contributed by atoms with Gasteiger partial charge in [-0.1, -0.05) is 39.8 Å². The van der Waals surface area contributed by atoms with Gasteiger partial charge in [0.15, 0.2) is 23.0 Å². The van der Waals surface area contributed by atoms with Crippen LogP contribution in [0, 0.1) is 13.8 Å². The van der Waals surface area contributed by atoms with E-state index in [1.165, 1.54) is 14.2 Å². The number of hydrogen-bond acceptors (Lipinski definition) is 8. The molecule has 0 spiro atoms. The molecule has 0 saturated heterocycles. The lowest BCUT2D eigenvalue weighted by Gasteiger charge is -2.22. The van der Waals surface area contributed by atoms with Gasteiger partial charge < -0.3 is 28.4 Å². The zero-order valence-electron chi connectivity index (χ0n) is 25.6. The Hall–Kier alpha value is -4.46. The van der Waals surface area contributed by atoms with Crippen LogP contribution in [-0.4, -0.2) is 40.4 Å². The van der Waals surface area contributed by atoms with E-state index in [0.717, 1.165) is 33.0 Å². The van der Waals surface area contributed by atoms with E-state index in [9.17, 15) is 9.59 Å². The number of esters is 2. The van der Waals surface area contributed by atoms with Crippen molar-refractivity contribution in [3.8, 4) is 45.6 Å². The van der Waals surface area contributed by atoms with Gasteiger partial charge in [0.2, 0.25) is 0 Å². The summed E-state index contributed by atoms with van der Waals surface area (Å²) in [5.41, 5.74) is 5.60. The van der Waals surface area contributed by atoms with Gasteiger partial charge in [-0.15, -0.1) is 0 Å². The number of methoxy groups -OCH3 is 4. The number of hydrogen-bond donors (Lipinski definition) is 0. The van der Waals surface area contributed by atoms with Gasteiger partial charge in [0.05, 0.1) is 28.4 Å². The summed E-state index contributed by atoms with van der Waals surface area (Å²) >= 11 is 0. The molecule has 6 rings (SSSR count). The van der Waals surface area contributed by atoms with E-state index >= 15 is 0 Å². The number of ether oxygens (including phenoxy) is 6. The molecule has 0 amide bonds. The van der Waals surface area contributed by atoms with Gasteiger partial charge in [-0.05, 0) is 47.6 Å². The van der Waals surface area contributed by atoms with E-state index in [0.29, 0.717) is 67.5 Å². The molecular formula is C34H34O8. The molecule has 0 saturated carbocycles. The van der Waals surface area contributed by atoms with Gasteiger partial charge >= 0.3 is 11.9 Å². The molecule has 8 nitrogen and oxygen atoms in total. The fourth-order valence-corrected chi connectivity index (χ4v) is 6.88. The standard InChI is InChI=1S/C34H34O8/c1-13(2)19-17-11-15(5)21(27-23(17)25(33(35)41-27)31(39-9)29(19)37-7)22-16(6)12-18-20(14(3)4)30(38-8)32(40-10)26-24(18)28(22)42-34(26)36/h11-14H,1-10H3. The molecule has 2 aliphatic heterocycles. The highest BCUT2D eigenvalue weighted by Gasteiger charge is 2.41. The molecule has 0 aromatic heterocycles. The highest BCUT2D eigenvalue weighted by atomic mass is 16.6. The van der Waals surface area contributed by atoms with E-state index in [4.69, 9.17) is 28.4 Å². The Labute approximate surface area is 244 Å². The number of aryl methyl sites for hydroxylation is 2. The second-order valence-corrected chi connectivity index (χ2v) is 11.4. The first-order valence-corrected chi connectivity index (χ1v) is 14.0. The largest absolute Gasteiger partial charge is 0.493 e. The number of carbonyl (C=O) groups excluding carboxylic acids is 2. The maximum atomic E-state index is 13.5. The van der Waals surface area contributed by atoms with Gasteiger partial charge in [-0.25, -0.2) is 9.59 Å². The lowest BCUT2D eigenvalue weighted by molar-refractivity contribution is 0.0739. The Morgan fingerprint density at radius 2 is 0.881 bits per heavy atom. The van der Waals surface area contributed by atoms with Gasteiger partial charge in [-0.3, -0.25) is 0 Å². The van der Waals surface area contributed by atoms with Crippen LogP contribution in [0.2, 0.25) is 0 Å². The van der Waals surface area contributed by atoms with E-state index in [-0.39, 0.29) is 11.8 Å². The van der Waals surface area contributed by atoms with Crippen molar-refractivity contribution in [1.82, 2.24) is 0 Å². The van der Waals surface area contributed by atoms with Crippen LogP contribution in [0.25, 0.3) is 32.7 Å². The number of carbonyl (C=O) groups is 2. The van der Waals surface area contributed by atoms with Crippen molar-refractivity contribution >= 4 is 33.5 Å². The predicted octanol–water partition coefficient (Wildman–Crippen LogP) is 7.62. The molecule has 4 aromatic rings. The molecular weight excluding hydrogens is 536 g/mol. The summed E-state index contributed by atoms with van der Waals surface area (Å²) in [4.78, 5) is 27.0. The van der Waals surface area contributed by atoms with E-state index in [1.54, 1.807) is 14.2 Å². The topological polar surface area (TPSA) is 89.5 Å². The van der Waals surface area contributed by atoms with Gasteiger partial charge in [0.25, 0.3) is 0 Å². The summed E-state index contributed by atoms with van der Waals surface area (Å²) in [7, 11) is 6.19. The van der Waals surface area contributed by atoms with Crippen LogP contribution in [0.3, 0.4) is 0 Å². The Morgan fingerprint density at radius 3 is 1.17 bits per heavy atom. The molecule has 2 aliphatic rings. The first-order valence-electron chi connectivity index (χ1n) is 14.0. The summed E-state index contributed by atoms with van der Waals surface area (Å²) in [5.74, 6) is 1.66. The van der Waals surface area contributed by atoms with Crippen LogP contribution >= 0.6 is 0 Å². The van der Waals surface area contributed by atoms with Crippen molar-refractivity contribution in [3.63, 3.8) is 0 Å². The summed E-state index contributed by atoms with van der Waals surface area (Å²) < 4.78 is 35.2. The zero-order valence-corrected chi connectivity index (χ0v) is 25.6. The van der Waals surface area contributed by atoms with E-state index < -0.39 is 11.9 Å². The quantitative estimate of drug-likeness (QED) is 0.166. The highest BCUT2D eigenvalue weighted by molar-refractivity contribution is 6.23. The lowest BCUT2D eigenvalue weighted by atomic mass is 9.84. The van der Waals surface area contributed by atoms with Crippen LogP contribution in [0.4, 0.5) is 0 Å². The van der Waals surface area contributed by atoms with E-state index in [2.05, 4.69) is 39.8 Å². The van der Waals surface area contributed by atoms with Crippen LogP contribution in [0.1, 0.15) is 82.5 Å². The maximum absolute atomic E-state index is 13.5. The fraction of sp³-hybridized carbons (Fsp3) is 0.353. The molecule has 4 aromatic carbocycles. The molecule has 0 bridgehead atoms. The predicted molar refractivity (Wildman–Crippen MR) is 161 cm³/mol. The van der Waals surface area contributed by atoms with Crippen LogP contribution < -0.4 is 28.4 Å². The monoisotopic (exact) mass is 570 g/mol. The van der Waals surface area contributed by atoms with Crippen molar-refractivity contribution in [2.75, 3.05) is 28.4 Å². The second kappa shape index (κ2) is 9.54. The Balaban J connectivity index is 1.80. The average Bonchev–Trinajstić information content (AvgIpc) is 3.46. The Bertz CT molecular complexity index is 1740. The summed E-state index contributed by atoms with van der Waals surface area (Å²) in [5, 5.41) is 3.04. The van der Waals surface area contributed by atoms with Crippen LogP contribution in [0.15, 0.2) is 12.1 Å². The van der Waals surface area contributed by atoms with Crippen LogP contribution in [0.5, 0.6) is 34.5 Å². The van der Waals surface area contributed by atoms with Crippen molar-refractivity contribution in [3.05, 3.63) is 45.5 Å². The fourth-order valence-electron chi connectivity index (χ4n) is 6.88. The zero-order chi connectivity index (χ0) is 30.4. The third-order valence-corrected chi connectivity index (χ3v) is 8.41. The maximum Gasteiger partial charge on any atom is 0.348 e. The Kier molecular flexibility index (Phi) is 6.29. The normalized spacial score (nSPS) is 13.4. The van der Waals surface area contributed by atoms with Crippen molar-refractivity contribution in [2.24, 2.45) is 0 Å². The van der Waals surface area contributed by atoms with Gasteiger partial charge in [0.1, 0.15) is 22.6 Å². The lowest BCUT2D eigenvalue weighted by Crippen LogP contribution is -2.07. The SMILES string of the molecule is COc1c(OC)c2c3c(c(-c4c(C)cc5c(C(C)C)c(OC)c(OC)c6c5c4OC6=O)c(C)cc3c1C(C)C)OC2=O. The minimum atomic E-state index is -0.520. The van der Waals surface area contributed by atoms with Gasteiger partial charge in [-0.2, -0.15) is 0 Å². The number of rotatable bonds is 7. The van der Waals surface area contributed by atoms with E-state index in [1.807, 2.05) is 13.8 Å². The number of benzene rings is 4. The van der Waals surface area contributed by atoms with Crippen molar-refractivity contribution in [2.45, 2.75) is 53.4 Å². The molecule has 218 valence electrons. The molecule has 0 atom stereocenters.